The summed E-state index contributed by atoms with van der Waals surface area (Å²) in [6, 6.07) is 17.5. The van der Waals surface area contributed by atoms with Crippen molar-refractivity contribution in [3.05, 3.63) is 89.0 Å². The lowest BCUT2D eigenvalue weighted by Crippen LogP contribution is -2.30. The van der Waals surface area contributed by atoms with E-state index in [9.17, 15) is 19.8 Å². The predicted molar refractivity (Wildman–Crippen MR) is 135 cm³/mol. The van der Waals surface area contributed by atoms with E-state index in [-0.39, 0.29) is 30.4 Å². The predicted octanol–water partition coefficient (Wildman–Crippen LogP) is 4.92. The SMILES string of the molecule is CC(C)(C)Oc1ccccc1CN1C(=O)C(=O)/C(=C(\O)c2ccc3c(c2)OCO3)C1c1ccc(O)cc1. The Balaban J connectivity index is 1.61. The quantitative estimate of drug-likeness (QED) is 0.290. The van der Waals surface area contributed by atoms with Crippen LogP contribution in [0.25, 0.3) is 5.76 Å². The molecule has 8 heteroatoms. The van der Waals surface area contributed by atoms with Crippen LogP contribution in [-0.2, 0) is 16.1 Å². The lowest BCUT2D eigenvalue weighted by molar-refractivity contribution is -0.140. The number of benzene rings is 3. The summed E-state index contributed by atoms with van der Waals surface area (Å²) in [5.74, 6) is -0.266. The minimum Gasteiger partial charge on any atom is -0.508 e. The second-order valence-electron chi connectivity index (χ2n) is 9.91. The van der Waals surface area contributed by atoms with Gasteiger partial charge in [0, 0.05) is 11.1 Å². The Morgan fingerprint density at radius 2 is 1.70 bits per heavy atom. The second-order valence-corrected chi connectivity index (χ2v) is 9.91. The van der Waals surface area contributed by atoms with Gasteiger partial charge in [0.1, 0.15) is 22.9 Å². The zero-order valence-electron chi connectivity index (χ0n) is 20.7. The molecular weight excluding hydrogens is 474 g/mol. The highest BCUT2D eigenvalue weighted by molar-refractivity contribution is 6.46. The number of ether oxygens (including phenoxy) is 3. The summed E-state index contributed by atoms with van der Waals surface area (Å²) in [6.45, 7) is 5.92. The van der Waals surface area contributed by atoms with Gasteiger partial charge in [0.2, 0.25) is 6.79 Å². The molecule has 0 aliphatic carbocycles. The molecule has 1 saturated heterocycles. The van der Waals surface area contributed by atoms with Crippen LogP contribution in [0, 0.1) is 0 Å². The Labute approximate surface area is 214 Å². The maximum atomic E-state index is 13.4. The number of hydrogen-bond acceptors (Lipinski definition) is 7. The highest BCUT2D eigenvalue weighted by Crippen LogP contribution is 2.43. The molecule has 190 valence electrons. The molecule has 2 N–H and O–H groups in total. The molecule has 1 fully saturated rings. The molecule has 5 rings (SSSR count). The molecule has 8 nitrogen and oxygen atoms in total. The van der Waals surface area contributed by atoms with E-state index in [1.165, 1.54) is 17.0 Å². The van der Waals surface area contributed by atoms with Crippen molar-refractivity contribution in [2.75, 3.05) is 6.79 Å². The van der Waals surface area contributed by atoms with Gasteiger partial charge in [-0.3, -0.25) is 9.59 Å². The number of phenolic OH excluding ortho intramolecular Hbond substituents is 1. The van der Waals surface area contributed by atoms with Gasteiger partial charge in [-0.1, -0.05) is 30.3 Å². The van der Waals surface area contributed by atoms with E-state index in [0.29, 0.717) is 33.9 Å². The van der Waals surface area contributed by atoms with Crippen molar-refractivity contribution in [1.29, 1.82) is 0 Å². The van der Waals surface area contributed by atoms with Gasteiger partial charge in [0.05, 0.1) is 18.2 Å². The summed E-state index contributed by atoms with van der Waals surface area (Å²) in [4.78, 5) is 28.2. The first-order chi connectivity index (χ1) is 17.6. The molecule has 0 bridgehead atoms. The number of carbonyl (C=O) groups excluding carboxylic acids is 2. The van der Waals surface area contributed by atoms with Crippen LogP contribution in [0.1, 0.15) is 43.5 Å². The fraction of sp³-hybridized carbons (Fsp3) is 0.241. The number of likely N-dealkylation sites (tertiary alicyclic amines) is 1. The van der Waals surface area contributed by atoms with Crippen molar-refractivity contribution in [3.63, 3.8) is 0 Å². The van der Waals surface area contributed by atoms with Crippen LogP contribution in [0.4, 0.5) is 0 Å². The average molecular weight is 502 g/mol. The van der Waals surface area contributed by atoms with Crippen LogP contribution in [0.2, 0.25) is 0 Å². The van der Waals surface area contributed by atoms with Crippen LogP contribution < -0.4 is 14.2 Å². The van der Waals surface area contributed by atoms with E-state index in [2.05, 4.69) is 0 Å². The largest absolute Gasteiger partial charge is 0.508 e. The third-order valence-electron chi connectivity index (χ3n) is 6.12. The maximum absolute atomic E-state index is 13.4. The topological polar surface area (TPSA) is 106 Å². The molecule has 1 amide bonds. The molecule has 3 aromatic carbocycles. The first-order valence-corrected chi connectivity index (χ1v) is 11.9. The minimum absolute atomic E-state index is 0.0420. The van der Waals surface area contributed by atoms with Gasteiger partial charge in [-0.05, 0) is 62.7 Å². The van der Waals surface area contributed by atoms with Crippen molar-refractivity contribution in [2.45, 2.75) is 39.0 Å². The monoisotopic (exact) mass is 501 g/mol. The number of aliphatic hydroxyl groups is 1. The summed E-state index contributed by atoms with van der Waals surface area (Å²) >= 11 is 0. The molecule has 37 heavy (non-hydrogen) atoms. The lowest BCUT2D eigenvalue weighted by atomic mass is 9.95. The number of Topliss-reactive ketones (excluding diaryl/α,β-unsaturated/α-hetero) is 1. The molecule has 0 aromatic heterocycles. The summed E-state index contributed by atoms with van der Waals surface area (Å²) in [5, 5.41) is 21.2. The fourth-order valence-electron chi connectivity index (χ4n) is 4.49. The smallest absolute Gasteiger partial charge is 0.295 e. The first-order valence-electron chi connectivity index (χ1n) is 11.9. The second kappa shape index (κ2) is 9.20. The summed E-state index contributed by atoms with van der Waals surface area (Å²) < 4.78 is 16.9. The van der Waals surface area contributed by atoms with Gasteiger partial charge in [-0.15, -0.1) is 0 Å². The Hall–Kier alpha value is -4.46. The van der Waals surface area contributed by atoms with Crippen LogP contribution in [0.15, 0.2) is 72.3 Å². The number of rotatable bonds is 5. The Kier molecular flexibility index (Phi) is 6.03. The molecule has 2 aliphatic heterocycles. The molecule has 2 heterocycles. The number of aromatic hydroxyl groups is 1. The van der Waals surface area contributed by atoms with Crippen LogP contribution in [0.3, 0.4) is 0 Å². The molecule has 0 radical (unpaired) electrons. The number of amides is 1. The third-order valence-corrected chi connectivity index (χ3v) is 6.12. The zero-order chi connectivity index (χ0) is 26.3. The van der Waals surface area contributed by atoms with Gasteiger partial charge in [-0.25, -0.2) is 0 Å². The number of phenols is 1. The molecule has 1 atom stereocenters. The maximum Gasteiger partial charge on any atom is 0.295 e. The highest BCUT2D eigenvalue weighted by atomic mass is 16.7. The van der Waals surface area contributed by atoms with E-state index in [0.717, 1.165) is 0 Å². The van der Waals surface area contributed by atoms with E-state index >= 15 is 0 Å². The normalized spacial score (nSPS) is 18.4. The van der Waals surface area contributed by atoms with Gasteiger partial charge >= 0.3 is 0 Å². The van der Waals surface area contributed by atoms with Crippen LogP contribution in [-0.4, -0.2) is 39.2 Å². The lowest BCUT2D eigenvalue weighted by Gasteiger charge is -2.28. The standard InChI is InChI=1S/C29H27NO7/c1-29(2,3)37-21-7-5-4-6-19(21)15-30-25(17-8-11-20(31)12-9-17)24(27(33)28(30)34)26(32)18-10-13-22-23(14-18)36-16-35-22/h4-14,25,31-32H,15-16H2,1-3H3/b26-24-. The molecule has 1 unspecified atom stereocenters. The Morgan fingerprint density at radius 3 is 2.43 bits per heavy atom. The number of hydrogen-bond donors (Lipinski definition) is 2. The van der Waals surface area contributed by atoms with E-state index in [1.807, 2.05) is 45.0 Å². The molecule has 0 saturated carbocycles. The molecule has 3 aromatic rings. The number of carbonyl (C=O) groups is 2. The Morgan fingerprint density at radius 1 is 1.00 bits per heavy atom. The molecule has 2 aliphatic rings. The fourth-order valence-corrected chi connectivity index (χ4v) is 4.49. The van der Waals surface area contributed by atoms with Crippen molar-refractivity contribution in [3.8, 4) is 23.0 Å². The summed E-state index contributed by atoms with van der Waals surface area (Å²) in [7, 11) is 0. The van der Waals surface area contributed by atoms with Gasteiger partial charge in [0.15, 0.2) is 11.5 Å². The highest BCUT2D eigenvalue weighted by Gasteiger charge is 2.46. The van der Waals surface area contributed by atoms with Gasteiger partial charge < -0.3 is 29.3 Å². The number of aliphatic hydroxyl groups excluding tert-OH is 1. The van der Waals surface area contributed by atoms with Crippen LogP contribution in [0.5, 0.6) is 23.0 Å². The Bertz CT molecular complexity index is 1400. The molecular formula is C29H27NO7. The summed E-state index contributed by atoms with van der Waals surface area (Å²) in [5.41, 5.74) is 1.07. The van der Waals surface area contributed by atoms with Gasteiger partial charge in [0.25, 0.3) is 11.7 Å². The molecule has 0 spiro atoms. The van der Waals surface area contributed by atoms with Crippen molar-refractivity contribution in [2.24, 2.45) is 0 Å². The van der Waals surface area contributed by atoms with Crippen molar-refractivity contribution in [1.82, 2.24) is 4.90 Å². The first kappa shape index (κ1) is 24.2. The van der Waals surface area contributed by atoms with Gasteiger partial charge in [-0.2, -0.15) is 0 Å². The van der Waals surface area contributed by atoms with E-state index in [1.54, 1.807) is 30.3 Å². The van der Waals surface area contributed by atoms with Crippen LogP contribution >= 0.6 is 0 Å². The average Bonchev–Trinajstić information content (AvgIpc) is 3.42. The van der Waals surface area contributed by atoms with E-state index in [4.69, 9.17) is 14.2 Å². The number of para-hydroxylation sites is 1. The summed E-state index contributed by atoms with van der Waals surface area (Å²) in [6.07, 6.45) is 0. The van der Waals surface area contributed by atoms with Crippen molar-refractivity contribution < 1.29 is 34.0 Å². The van der Waals surface area contributed by atoms with Crippen molar-refractivity contribution >= 4 is 17.4 Å². The number of ketones is 1. The number of nitrogens with zero attached hydrogens (tertiary/aromatic N) is 1. The number of fused-ring (bicyclic) bond motifs is 1. The van der Waals surface area contributed by atoms with E-state index < -0.39 is 23.3 Å². The third kappa shape index (κ3) is 4.70. The minimum atomic E-state index is -0.895. The zero-order valence-corrected chi connectivity index (χ0v) is 20.7.